The molecule has 352 valence electrons. The van der Waals surface area contributed by atoms with Gasteiger partial charge in [0.15, 0.2) is 0 Å². The van der Waals surface area contributed by atoms with Gasteiger partial charge in [-0.3, -0.25) is 0 Å². The zero-order chi connectivity index (χ0) is 50.3. The Morgan fingerprint density at radius 2 is 0.568 bits per heavy atom. The Hall–Kier alpha value is -8.78. The zero-order valence-corrected chi connectivity index (χ0v) is 41.6. The Morgan fingerprint density at radius 3 is 1.00 bits per heavy atom. The van der Waals surface area contributed by atoms with Gasteiger partial charge in [-0.05, 0) is 160 Å². The third kappa shape index (κ3) is 8.55. The first-order valence-electron chi connectivity index (χ1n) is 24.6. The average Bonchev–Trinajstić information content (AvgIpc) is 3.47. The first-order chi connectivity index (χ1) is 36.3. The minimum Gasteiger partial charge on any atom is -0.507 e. The number of hydrogen-bond donors (Lipinski definition) is 4. The van der Waals surface area contributed by atoms with E-state index in [1.165, 1.54) is 70.2 Å². The van der Waals surface area contributed by atoms with Crippen LogP contribution in [0.15, 0.2) is 259 Å². The molecule has 0 fully saturated rings. The minimum absolute atomic E-state index is 0.286. The second-order valence-corrected chi connectivity index (χ2v) is 19.4. The lowest BCUT2D eigenvalue weighted by Gasteiger charge is -2.13. The third-order valence-corrected chi connectivity index (χ3v) is 15.1. The SMILES string of the molecule is OB(O)c1ccc(-c2ccc3c4ccccc4c4ccccc4c3c2)cc1.Oc1ccc2ccccc2c1-c1ccc(-c2ccc3c4ccccc4c4ccccc4c3c2)cc1.Oc1ccc2ccccc2c1Br. The summed E-state index contributed by atoms with van der Waals surface area (Å²) in [6, 6.07) is 87.1. The third-order valence-electron chi connectivity index (χ3n) is 14.3. The number of hydrogen-bond acceptors (Lipinski definition) is 4. The molecule has 0 heterocycles. The number of phenols is 2. The molecular weight excluding hydrogens is 971 g/mol. The second kappa shape index (κ2) is 19.7. The van der Waals surface area contributed by atoms with Crippen molar-refractivity contribution in [1.82, 2.24) is 0 Å². The fourth-order valence-electron chi connectivity index (χ4n) is 10.6. The molecule has 4 nitrogen and oxygen atoms in total. The normalized spacial score (nSPS) is 11.3. The van der Waals surface area contributed by atoms with Crippen LogP contribution in [0.25, 0.3) is 120 Å². The Balaban J connectivity index is 0.000000126. The molecule has 0 aliphatic heterocycles. The quantitative estimate of drug-likeness (QED) is 0.105. The van der Waals surface area contributed by atoms with Gasteiger partial charge in [0.25, 0.3) is 0 Å². The highest BCUT2D eigenvalue weighted by atomic mass is 79.9. The van der Waals surface area contributed by atoms with E-state index < -0.39 is 7.12 Å². The van der Waals surface area contributed by atoms with E-state index >= 15 is 0 Å². The highest BCUT2D eigenvalue weighted by Gasteiger charge is 2.15. The van der Waals surface area contributed by atoms with Crippen LogP contribution in [0.5, 0.6) is 11.5 Å². The van der Waals surface area contributed by atoms with Crippen LogP contribution in [-0.4, -0.2) is 27.4 Å². The van der Waals surface area contributed by atoms with Crippen molar-refractivity contribution in [1.29, 1.82) is 0 Å². The van der Waals surface area contributed by atoms with E-state index in [1.54, 1.807) is 24.3 Å². The smallest absolute Gasteiger partial charge is 0.488 e. The lowest BCUT2D eigenvalue weighted by Crippen LogP contribution is -2.29. The van der Waals surface area contributed by atoms with Crippen LogP contribution in [0, 0.1) is 0 Å². The van der Waals surface area contributed by atoms with E-state index in [4.69, 9.17) is 0 Å². The topological polar surface area (TPSA) is 80.9 Å². The monoisotopic (exact) mass is 1020 g/mol. The van der Waals surface area contributed by atoms with Gasteiger partial charge in [-0.2, -0.15) is 0 Å². The largest absolute Gasteiger partial charge is 0.507 e. The summed E-state index contributed by atoms with van der Waals surface area (Å²) in [5.74, 6) is 0.592. The van der Waals surface area contributed by atoms with E-state index in [1.807, 2.05) is 60.7 Å². The number of phenolic OH excluding ortho intramolecular Hbond substituents is 2. The maximum Gasteiger partial charge on any atom is 0.488 e. The second-order valence-electron chi connectivity index (χ2n) is 18.6. The van der Waals surface area contributed by atoms with Crippen molar-refractivity contribution in [3.63, 3.8) is 0 Å². The van der Waals surface area contributed by atoms with Crippen LogP contribution in [0.1, 0.15) is 0 Å². The molecule has 0 radical (unpaired) electrons. The number of fused-ring (bicyclic) bond motifs is 14. The molecule has 14 rings (SSSR count). The summed E-state index contributed by atoms with van der Waals surface area (Å²) < 4.78 is 0.764. The van der Waals surface area contributed by atoms with Crippen molar-refractivity contribution < 1.29 is 20.3 Å². The standard InChI is InChI=1S/C34H22O.C24H17BO2.C10H7BrO/c35-33-20-18-23-7-1-2-8-26(23)34(33)24-15-13-22(14-16-24)25-17-19-31-29-11-4-3-9-27(29)28-10-5-6-12-30(28)32(31)21-25;26-25(27)18-12-9-16(10-13-18)17-11-14-23-21-7-2-1-5-19(21)20-6-3-4-8-22(20)24(23)15-17;11-10-8-4-2-1-3-7(8)5-6-9(10)12/h1-21,35H;1-15,26-27H;1-6,12H. The van der Waals surface area contributed by atoms with E-state index in [9.17, 15) is 20.3 Å². The van der Waals surface area contributed by atoms with Gasteiger partial charge in [0.1, 0.15) is 11.5 Å². The molecule has 0 spiro atoms. The Labute approximate surface area is 436 Å². The molecule has 0 atom stereocenters. The molecule has 0 saturated heterocycles. The first kappa shape index (κ1) is 46.3. The maximum atomic E-state index is 10.7. The summed E-state index contributed by atoms with van der Waals surface area (Å²) in [5, 5.41) is 58.2. The lowest BCUT2D eigenvalue weighted by atomic mass is 9.80. The molecule has 0 aromatic heterocycles. The van der Waals surface area contributed by atoms with Crippen molar-refractivity contribution in [2.24, 2.45) is 0 Å². The van der Waals surface area contributed by atoms with E-state index in [-0.39, 0.29) is 5.75 Å². The summed E-state index contributed by atoms with van der Waals surface area (Å²) in [4.78, 5) is 0. The molecular formula is C68H46BBrO4. The van der Waals surface area contributed by atoms with E-state index in [0.717, 1.165) is 53.8 Å². The predicted octanol–water partition coefficient (Wildman–Crippen LogP) is 17.1. The number of rotatable bonds is 4. The Kier molecular flexibility index (Phi) is 12.3. The van der Waals surface area contributed by atoms with Gasteiger partial charge in [-0.1, -0.05) is 231 Å². The average molecular weight is 1020 g/mol. The van der Waals surface area contributed by atoms with Crippen LogP contribution in [-0.2, 0) is 0 Å². The molecule has 74 heavy (non-hydrogen) atoms. The molecule has 6 heteroatoms. The first-order valence-corrected chi connectivity index (χ1v) is 25.4. The van der Waals surface area contributed by atoms with Crippen molar-refractivity contribution in [2.75, 3.05) is 0 Å². The molecule has 0 aliphatic carbocycles. The molecule has 0 unspecified atom stereocenters. The molecule has 0 bridgehead atoms. The number of halogens is 1. The summed E-state index contributed by atoms with van der Waals surface area (Å²) in [6.07, 6.45) is 0. The van der Waals surface area contributed by atoms with Crippen LogP contribution in [0.3, 0.4) is 0 Å². The molecule has 14 aromatic rings. The van der Waals surface area contributed by atoms with E-state index in [2.05, 4.69) is 186 Å². The van der Waals surface area contributed by atoms with Crippen LogP contribution >= 0.6 is 15.9 Å². The summed E-state index contributed by atoms with van der Waals surface area (Å²) in [7, 11) is -1.44. The maximum absolute atomic E-state index is 10.7. The van der Waals surface area contributed by atoms with Crippen molar-refractivity contribution in [2.45, 2.75) is 0 Å². The lowest BCUT2D eigenvalue weighted by molar-refractivity contribution is 0.426. The minimum atomic E-state index is -1.44. The summed E-state index contributed by atoms with van der Waals surface area (Å²) >= 11 is 3.33. The van der Waals surface area contributed by atoms with Crippen molar-refractivity contribution >= 4 is 115 Å². The highest BCUT2D eigenvalue weighted by Crippen LogP contribution is 2.41. The van der Waals surface area contributed by atoms with Gasteiger partial charge in [-0.15, -0.1) is 0 Å². The van der Waals surface area contributed by atoms with Gasteiger partial charge < -0.3 is 20.3 Å². The summed E-state index contributed by atoms with van der Waals surface area (Å²) in [6.45, 7) is 0. The van der Waals surface area contributed by atoms with Crippen LogP contribution in [0.4, 0.5) is 0 Å². The van der Waals surface area contributed by atoms with Crippen LogP contribution < -0.4 is 5.46 Å². The zero-order valence-electron chi connectivity index (χ0n) is 40.0. The predicted molar refractivity (Wildman–Crippen MR) is 317 cm³/mol. The molecule has 0 saturated carbocycles. The van der Waals surface area contributed by atoms with Crippen LogP contribution in [0.2, 0.25) is 0 Å². The summed E-state index contributed by atoms with van der Waals surface area (Å²) in [5.41, 5.74) is 6.90. The fraction of sp³-hybridized carbons (Fsp3) is 0. The molecule has 14 aromatic carbocycles. The van der Waals surface area contributed by atoms with Crippen molar-refractivity contribution in [3.8, 4) is 44.9 Å². The van der Waals surface area contributed by atoms with Gasteiger partial charge in [0.2, 0.25) is 0 Å². The van der Waals surface area contributed by atoms with Gasteiger partial charge in [0, 0.05) is 5.56 Å². The number of benzene rings is 14. The molecule has 0 amide bonds. The molecule has 4 N–H and O–H groups in total. The molecule has 0 aliphatic rings. The Bertz CT molecular complexity index is 4370. The van der Waals surface area contributed by atoms with Gasteiger partial charge in [-0.25, -0.2) is 0 Å². The van der Waals surface area contributed by atoms with Crippen molar-refractivity contribution in [3.05, 3.63) is 259 Å². The number of aromatic hydroxyl groups is 2. The highest BCUT2D eigenvalue weighted by molar-refractivity contribution is 9.10. The van der Waals surface area contributed by atoms with E-state index in [0.29, 0.717) is 11.2 Å². The fourth-order valence-corrected chi connectivity index (χ4v) is 11.1. The van der Waals surface area contributed by atoms with Gasteiger partial charge >= 0.3 is 7.12 Å². The van der Waals surface area contributed by atoms with Gasteiger partial charge in [0.05, 0.1) is 4.47 Å². The Morgan fingerprint density at radius 1 is 0.257 bits per heavy atom.